The van der Waals surface area contributed by atoms with Crippen molar-refractivity contribution in [2.45, 2.75) is 13.1 Å². The Balaban J connectivity index is 3.21. The van der Waals surface area contributed by atoms with Gasteiger partial charge in [0.05, 0.1) is 14.2 Å². The van der Waals surface area contributed by atoms with Gasteiger partial charge in [-0.15, -0.1) is 0 Å². The van der Waals surface area contributed by atoms with Gasteiger partial charge >= 0.3 is 6.18 Å². The quantitative estimate of drug-likeness (QED) is 0.624. The van der Waals surface area contributed by atoms with E-state index >= 15 is 0 Å². The molecule has 19 heavy (non-hydrogen) atoms. The zero-order valence-corrected chi connectivity index (χ0v) is 10.7. The summed E-state index contributed by atoms with van der Waals surface area (Å²) >= 11 is 0. The van der Waals surface area contributed by atoms with Crippen LogP contribution in [0, 0.1) is 0 Å². The molecule has 0 atom stereocenters. The molecule has 0 fully saturated rings. The van der Waals surface area contributed by atoms with Crippen molar-refractivity contribution in [2.24, 2.45) is 0 Å². The van der Waals surface area contributed by atoms with Gasteiger partial charge in [-0.2, -0.15) is 13.2 Å². The fourth-order valence-electron chi connectivity index (χ4n) is 1.55. The van der Waals surface area contributed by atoms with Crippen molar-refractivity contribution in [1.29, 1.82) is 0 Å². The van der Waals surface area contributed by atoms with E-state index < -0.39 is 17.5 Å². The molecular formula is C13H13F3O3. The molecule has 1 rings (SSSR count). The van der Waals surface area contributed by atoms with Crippen LogP contribution < -0.4 is 4.74 Å². The van der Waals surface area contributed by atoms with E-state index in [0.717, 1.165) is 6.92 Å². The van der Waals surface area contributed by atoms with Gasteiger partial charge in [-0.25, -0.2) is 0 Å². The number of ether oxygens (including phenoxy) is 2. The maximum absolute atomic E-state index is 12.4. The fourth-order valence-corrected chi connectivity index (χ4v) is 1.55. The Morgan fingerprint density at radius 2 is 1.63 bits per heavy atom. The highest BCUT2D eigenvalue weighted by Gasteiger charge is 2.40. The van der Waals surface area contributed by atoms with E-state index in [2.05, 4.69) is 0 Å². The van der Waals surface area contributed by atoms with Crippen molar-refractivity contribution in [1.82, 2.24) is 0 Å². The second-order valence-electron chi connectivity index (χ2n) is 3.71. The van der Waals surface area contributed by atoms with E-state index in [-0.39, 0.29) is 5.76 Å². The Morgan fingerprint density at radius 3 is 2.00 bits per heavy atom. The summed E-state index contributed by atoms with van der Waals surface area (Å²) in [6.07, 6.45) is -4.92. The molecule has 6 heteroatoms. The lowest BCUT2D eigenvalue weighted by Crippen LogP contribution is -2.24. The summed E-state index contributed by atoms with van der Waals surface area (Å²) in [7, 11) is 2.69. The largest absolute Gasteiger partial charge is 0.497 e. The van der Waals surface area contributed by atoms with Gasteiger partial charge in [-0.1, -0.05) is 0 Å². The average Bonchev–Trinajstić information content (AvgIpc) is 2.38. The van der Waals surface area contributed by atoms with Crippen LogP contribution in [0.15, 0.2) is 29.8 Å². The smallest absolute Gasteiger partial charge is 0.454 e. The third-order valence-electron chi connectivity index (χ3n) is 2.49. The number of hydrogen-bond donors (Lipinski definition) is 0. The zero-order chi connectivity index (χ0) is 14.6. The van der Waals surface area contributed by atoms with Gasteiger partial charge in [0.25, 0.3) is 5.78 Å². The monoisotopic (exact) mass is 274 g/mol. The van der Waals surface area contributed by atoms with E-state index in [1.165, 1.54) is 26.4 Å². The standard InChI is InChI=1S/C13H13F3O3/c1-8(12(17)13(14,15)16)11(19-3)9-4-6-10(18-2)7-5-9/h4-7H,1-3H3/b11-8-. The maximum Gasteiger partial charge on any atom is 0.454 e. The first-order valence-electron chi connectivity index (χ1n) is 5.32. The number of hydrogen-bond acceptors (Lipinski definition) is 3. The number of allylic oxidation sites excluding steroid dienone is 1. The summed E-state index contributed by atoms with van der Waals surface area (Å²) in [4.78, 5) is 11.2. The highest BCUT2D eigenvalue weighted by atomic mass is 19.4. The molecule has 0 saturated carbocycles. The molecule has 3 nitrogen and oxygen atoms in total. The van der Waals surface area contributed by atoms with Crippen LogP contribution in [-0.4, -0.2) is 26.2 Å². The molecular weight excluding hydrogens is 261 g/mol. The highest BCUT2D eigenvalue weighted by Crippen LogP contribution is 2.27. The molecule has 0 bridgehead atoms. The molecule has 0 aliphatic rings. The molecule has 0 heterocycles. The van der Waals surface area contributed by atoms with Gasteiger partial charge in [-0.05, 0) is 31.2 Å². The lowest BCUT2D eigenvalue weighted by molar-refractivity contribution is -0.166. The van der Waals surface area contributed by atoms with Gasteiger partial charge in [0.1, 0.15) is 11.5 Å². The van der Waals surface area contributed by atoms with E-state index in [1.54, 1.807) is 12.1 Å². The SMILES string of the molecule is CO/C(=C(/C)C(=O)C(F)(F)F)c1ccc(OC)cc1. The summed E-state index contributed by atoms with van der Waals surface area (Å²) in [5.74, 6) is -1.47. The number of Topliss-reactive ketones (excluding diaryl/α,β-unsaturated/α-hetero) is 1. The zero-order valence-electron chi connectivity index (χ0n) is 10.7. The number of halogens is 3. The Labute approximate surface area is 108 Å². The third kappa shape index (κ3) is 3.49. The van der Waals surface area contributed by atoms with Crippen molar-refractivity contribution < 1.29 is 27.4 Å². The molecule has 1 aromatic carbocycles. The number of ketones is 1. The van der Waals surface area contributed by atoms with Crippen molar-refractivity contribution in [3.8, 4) is 5.75 Å². The maximum atomic E-state index is 12.4. The third-order valence-corrected chi connectivity index (χ3v) is 2.49. The van der Waals surface area contributed by atoms with Crippen LogP contribution in [0.1, 0.15) is 12.5 Å². The highest BCUT2D eigenvalue weighted by molar-refractivity contribution is 6.04. The average molecular weight is 274 g/mol. The Hall–Kier alpha value is -1.98. The first-order valence-corrected chi connectivity index (χ1v) is 5.32. The van der Waals surface area contributed by atoms with Crippen LogP contribution in [0.4, 0.5) is 13.2 Å². The summed E-state index contributed by atoms with van der Waals surface area (Å²) < 4.78 is 47.0. The molecule has 0 aliphatic carbocycles. The minimum Gasteiger partial charge on any atom is -0.497 e. The van der Waals surface area contributed by atoms with Crippen molar-refractivity contribution >= 4 is 11.5 Å². The summed E-state index contributed by atoms with van der Waals surface area (Å²) in [6.45, 7) is 1.08. The predicted molar refractivity (Wildman–Crippen MR) is 63.7 cm³/mol. The van der Waals surface area contributed by atoms with Crippen molar-refractivity contribution in [3.63, 3.8) is 0 Å². The molecule has 0 N–H and O–H groups in total. The number of carbonyl (C=O) groups is 1. The molecule has 104 valence electrons. The van der Waals surface area contributed by atoms with Gasteiger partial charge in [0, 0.05) is 11.1 Å². The summed E-state index contributed by atoms with van der Waals surface area (Å²) in [6, 6.07) is 6.18. The molecule has 0 aromatic heterocycles. The minimum absolute atomic E-state index is 0.107. The summed E-state index contributed by atoms with van der Waals surface area (Å²) in [5, 5.41) is 0. The number of rotatable bonds is 4. The van der Waals surface area contributed by atoms with Crippen LogP contribution in [0.5, 0.6) is 5.75 Å². The van der Waals surface area contributed by atoms with E-state index in [1.807, 2.05) is 0 Å². The van der Waals surface area contributed by atoms with Gasteiger partial charge in [-0.3, -0.25) is 4.79 Å². The van der Waals surface area contributed by atoms with E-state index in [9.17, 15) is 18.0 Å². The molecule has 1 aromatic rings. The van der Waals surface area contributed by atoms with Crippen LogP contribution in [0.3, 0.4) is 0 Å². The molecule has 0 aliphatic heterocycles. The number of benzene rings is 1. The first kappa shape index (κ1) is 15.1. The van der Waals surface area contributed by atoms with E-state index in [4.69, 9.17) is 9.47 Å². The van der Waals surface area contributed by atoms with E-state index in [0.29, 0.717) is 11.3 Å². The van der Waals surface area contributed by atoms with Crippen molar-refractivity contribution in [3.05, 3.63) is 35.4 Å². The molecule has 0 amide bonds. The molecule has 0 unspecified atom stereocenters. The van der Waals surface area contributed by atoms with Crippen LogP contribution >= 0.6 is 0 Å². The van der Waals surface area contributed by atoms with Gasteiger partial charge < -0.3 is 9.47 Å². The van der Waals surface area contributed by atoms with Crippen LogP contribution in [0.25, 0.3) is 5.76 Å². The molecule has 0 radical (unpaired) electrons. The minimum atomic E-state index is -4.92. The second kappa shape index (κ2) is 5.77. The lowest BCUT2D eigenvalue weighted by Gasteiger charge is -2.12. The number of methoxy groups -OCH3 is 2. The predicted octanol–water partition coefficient (Wildman–Crippen LogP) is 3.20. The Kier molecular flexibility index (Phi) is 4.58. The first-order chi connectivity index (χ1) is 8.81. The van der Waals surface area contributed by atoms with Crippen LogP contribution in [-0.2, 0) is 9.53 Å². The normalized spacial score (nSPS) is 12.7. The van der Waals surface area contributed by atoms with Crippen LogP contribution in [0.2, 0.25) is 0 Å². The lowest BCUT2D eigenvalue weighted by atomic mass is 10.1. The Morgan fingerprint density at radius 1 is 1.11 bits per heavy atom. The number of carbonyl (C=O) groups excluding carboxylic acids is 1. The number of alkyl halides is 3. The summed E-state index contributed by atoms with van der Waals surface area (Å²) in [5.41, 5.74) is -0.112. The van der Waals surface area contributed by atoms with Gasteiger partial charge in [0.15, 0.2) is 0 Å². The Bertz CT molecular complexity index is 487. The van der Waals surface area contributed by atoms with Gasteiger partial charge in [0.2, 0.25) is 0 Å². The molecule has 0 saturated heterocycles. The fraction of sp³-hybridized carbons (Fsp3) is 0.308. The van der Waals surface area contributed by atoms with Crippen molar-refractivity contribution in [2.75, 3.05) is 14.2 Å². The molecule has 0 spiro atoms. The topological polar surface area (TPSA) is 35.5 Å². The second-order valence-corrected chi connectivity index (χ2v) is 3.71.